The van der Waals surface area contributed by atoms with Crippen LogP contribution in [0.2, 0.25) is 0 Å². The lowest BCUT2D eigenvalue weighted by Gasteiger charge is -2.15. The topological polar surface area (TPSA) is 145 Å². The third-order valence-electron chi connectivity index (χ3n) is 7.02. The van der Waals surface area contributed by atoms with E-state index >= 15 is 0 Å². The third kappa shape index (κ3) is 4.09. The molecule has 5 heterocycles. The van der Waals surface area contributed by atoms with Gasteiger partial charge in [-0.15, -0.1) is 0 Å². The molecule has 11 heteroatoms. The second-order valence-electron chi connectivity index (χ2n) is 9.47. The van der Waals surface area contributed by atoms with Gasteiger partial charge < -0.3 is 11.1 Å². The van der Waals surface area contributed by atoms with E-state index in [2.05, 4.69) is 37.7 Å². The molecule has 0 fully saturated rings. The molecule has 0 radical (unpaired) electrons. The van der Waals surface area contributed by atoms with Gasteiger partial charge in [-0.05, 0) is 72.5 Å². The highest BCUT2D eigenvalue weighted by Gasteiger charge is 2.26. The second-order valence-corrected chi connectivity index (χ2v) is 9.47. The fourth-order valence-electron chi connectivity index (χ4n) is 5.21. The first-order valence-electron chi connectivity index (χ1n) is 12.7. The summed E-state index contributed by atoms with van der Waals surface area (Å²) >= 11 is 0. The summed E-state index contributed by atoms with van der Waals surface area (Å²) < 4.78 is 3.73. The summed E-state index contributed by atoms with van der Waals surface area (Å²) in [7, 11) is 0. The van der Waals surface area contributed by atoms with Crippen molar-refractivity contribution in [2.45, 2.75) is 25.3 Å². The lowest BCUT2D eigenvalue weighted by molar-refractivity contribution is -0.121. The largest absolute Gasteiger partial charge is 0.383 e. The maximum absolute atomic E-state index is 12.6. The van der Waals surface area contributed by atoms with Crippen molar-refractivity contribution in [1.82, 2.24) is 44.8 Å². The van der Waals surface area contributed by atoms with E-state index < -0.39 is 0 Å². The predicted octanol–water partition coefficient (Wildman–Crippen LogP) is 3.32. The van der Waals surface area contributed by atoms with E-state index in [0.717, 1.165) is 40.9 Å². The lowest BCUT2D eigenvalue weighted by Crippen LogP contribution is -2.28. The molecule has 39 heavy (non-hydrogen) atoms. The van der Waals surface area contributed by atoms with Gasteiger partial charge in [-0.2, -0.15) is 10.2 Å². The Hall–Kier alpha value is -5.32. The van der Waals surface area contributed by atoms with Crippen molar-refractivity contribution in [3.63, 3.8) is 0 Å². The number of aryl methyl sites for hydroxylation is 1. The monoisotopic (exact) mass is 516 g/mol. The minimum Gasteiger partial charge on any atom is -0.383 e. The van der Waals surface area contributed by atoms with Crippen molar-refractivity contribution in [3.8, 4) is 22.9 Å². The summed E-state index contributed by atoms with van der Waals surface area (Å²) in [6.07, 6.45) is 8.83. The van der Waals surface area contributed by atoms with Crippen LogP contribution < -0.4 is 11.1 Å². The standard InChI is InChI=1S/C28H24N10O/c29-26-21(3-1-11-30-26)27-34-23-8-9-24(37-14-2-12-32-37)35-28(23)38(27)19-5-6-20-17(15-19)4-7-22(20)33-25(39)16-18-10-13-31-36-18/h1-3,5-6,8-15,22H,4,7,16H2,(H2,29,30)(H,31,36)(H,33,39)/t22-/m0/s1. The normalized spacial score (nSPS) is 14.5. The quantitative estimate of drug-likeness (QED) is 0.308. The third-order valence-corrected chi connectivity index (χ3v) is 7.02. The van der Waals surface area contributed by atoms with Gasteiger partial charge in [0.25, 0.3) is 0 Å². The van der Waals surface area contributed by atoms with Gasteiger partial charge in [0.05, 0.1) is 18.0 Å². The minimum atomic E-state index is -0.0398. The molecule has 0 saturated heterocycles. The number of benzene rings is 1. The first-order valence-corrected chi connectivity index (χ1v) is 12.7. The van der Waals surface area contributed by atoms with Gasteiger partial charge in [0.15, 0.2) is 17.3 Å². The molecule has 6 aromatic rings. The van der Waals surface area contributed by atoms with Crippen LogP contribution in [0.3, 0.4) is 0 Å². The van der Waals surface area contributed by atoms with Crippen LogP contribution in [-0.2, 0) is 17.6 Å². The average molecular weight is 517 g/mol. The number of carbonyl (C=O) groups is 1. The number of rotatable bonds is 6. The van der Waals surface area contributed by atoms with Crippen molar-refractivity contribution in [2.75, 3.05) is 5.73 Å². The molecular weight excluding hydrogens is 492 g/mol. The number of amides is 1. The van der Waals surface area contributed by atoms with Crippen molar-refractivity contribution in [2.24, 2.45) is 0 Å². The summed E-state index contributed by atoms with van der Waals surface area (Å²) in [6.45, 7) is 0. The molecule has 0 spiro atoms. The number of nitrogens with one attached hydrogen (secondary N) is 2. The second kappa shape index (κ2) is 9.21. The predicted molar refractivity (Wildman–Crippen MR) is 145 cm³/mol. The number of fused-ring (bicyclic) bond motifs is 2. The van der Waals surface area contributed by atoms with Crippen molar-refractivity contribution in [1.29, 1.82) is 0 Å². The summed E-state index contributed by atoms with van der Waals surface area (Å²) in [5.74, 6) is 1.69. The Morgan fingerprint density at radius 2 is 2.03 bits per heavy atom. The minimum absolute atomic E-state index is 0.0357. The molecule has 0 aliphatic heterocycles. The molecule has 11 nitrogen and oxygen atoms in total. The van der Waals surface area contributed by atoms with Gasteiger partial charge in [-0.3, -0.25) is 14.5 Å². The number of anilines is 1. The molecule has 1 aliphatic rings. The summed E-state index contributed by atoms with van der Waals surface area (Å²) in [4.78, 5) is 26.8. The molecule has 0 saturated carbocycles. The van der Waals surface area contributed by atoms with E-state index in [1.54, 1.807) is 23.3 Å². The van der Waals surface area contributed by atoms with Crippen LogP contribution >= 0.6 is 0 Å². The summed E-state index contributed by atoms with van der Waals surface area (Å²) in [5, 5.41) is 14.3. The van der Waals surface area contributed by atoms with Gasteiger partial charge in [-0.25, -0.2) is 19.6 Å². The molecule has 1 atom stereocenters. The molecule has 1 aliphatic carbocycles. The van der Waals surface area contributed by atoms with Crippen LogP contribution in [0.4, 0.5) is 5.82 Å². The molecule has 5 aromatic heterocycles. The van der Waals surface area contributed by atoms with Crippen molar-refractivity contribution >= 4 is 22.9 Å². The number of nitrogens with zero attached hydrogens (tertiary/aromatic N) is 7. The molecule has 7 rings (SSSR count). The Morgan fingerprint density at radius 1 is 1.08 bits per heavy atom. The van der Waals surface area contributed by atoms with E-state index in [1.165, 1.54) is 5.56 Å². The highest BCUT2D eigenvalue weighted by atomic mass is 16.1. The number of aromatic nitrogens is 8. The molecule has 1 aromatic carbocycles. The van der Waals surface area contributed by atoms with Gasteiger partial charge >= 0.3 is 0 Å². The highest BCUT2D eigenvalue weighted by Crippen LogP contribution is 2.36. The first-order chi connectivity index (χ1) is 19.1. The van der Waals surface area contributed by atoms with E-state index in [9.17, 15) is 4.79 Å². The SMILES string of the molecule is Nc1ncccc1-c1nc2ccc(-n3cccn3)nc2n1-c1ccc2c(c1)CC[C@@H]2NC(=O)Cc1ccn[nH]1. The van der Waals surface area contributed by atoms with Crippen molar-refractivity contribution in [3.05, 3.63) is 96.2 Å². The molecular formula is C28H24N10O. The summed E-state index contributed by atoms with van der Waals surface area (Å²) in [5.41, 5.74) is 12.4. The zero-order chi connectivity index (χ0) is 26.3. The number of nitrogen functional groups attached to an aromatic ring is 1. The number of aromatic amines is 1. The Kier molecular flexibility index (Phi) is 5.39. The number of hydrogen-bond donors (Lipinski definition) is 3. The van der Waals surface area contributed by atoms with Crippen LogP contribution in [0.1, 0.15) is 29.3 Å². The average Bonchev–Trinajstić information content (AvgIpc) is 3.75. The van der Waals surface area contributed by atoms with Gasteiger partial charge in [-0.1, -0.05) is 6.07 Å². The smallest absolute Gasteiger partial charge is 0.226 e. The molecule has 192 valence electrons. The number of imidazole rings is 1. The fraction of sp³-hybridized carbons (Fsp3) is 0.143. The number of H-pyrrole nitrogens is 1. The number of pyridine rings is 2. The number of nitrogens with two attached hydrogens (primary N) is 1. The van der Waals surface area contributed by atoms with Crippen LogP contribution in [0.25, 0.3) is 34.1 Å². The Labute approximate surface area is 222 Å². The zero-order valence-electron chi connectivity index (χ0n) is 20.8. The number of hydrogen-bond acceptors (Lipinski definition) is 7. The van der Waals surface area contributed by atoms with Crippen LogP contribution in [-0.4, -0.2) is 45.4 Å². The van der Waals surface area contributed by atoms with E-state index in [0.29, 0.717) is 23.1 Å². The van der Waals surface area contributed by atoms with Gasteiger partial charge in [0, 0.05) is 36.2 Å². The van der Waals surface area contributed by atoms with Crippen LogP contribution in [0, 0.1) is 0 Å². The van der Waals surface area contributed by atoms with Crippen LogP contribution in [0.15, 0.2) is 79.4 Å². The van der Waals surface area contributed by atoms with E-state index in [1.807, 2.05) is 53.2 Å². The molecule has 1 amide bonds. The van der Waals surface area contributed by atoms with E-state index in [-0.39, 0.29) is 18.4 Å². The maximum atomic E-state index is 12.6. The number of carbonyl (C=O) groups excluding carboxylic acids is 1. The molecule has 0 bridgehead atoms. The Bertz CT molecular complexity index is 1800. The molecule has 4 N–H and O–H groups in total. The highest BCUT2D eigenvalue weighted by molar-refractivity contribution is 5.83. The zero-order valence-corrected chi connectivity index (χ0v) is 20.8. The van der Waals surface area contributed by atoms with Crippen LogP contribution in [0.5, 0.6) is 0 Å². The lowest BCUT2D eigenvalue weighted by atomic mass is 10.1. The maximum Gasteiger partial charge on any atom is 0.226 e. The first kappa shape index (κ1) is 22.8. The Balaban J connectivity index is 1.30. The molecule has 0 unspecified atom stereocenters. The van der Waals surface area contributed by atoms with Gasteiger partial charge in [0.1, 0.15) is 11.3 Å². The van der Waals surface area contributed by atoms with Gasteiger partial charge in [0.2, 0.25) is 5.91 Å². The summed E-state index contributed by atoms with van der Waals surface area (Å²) in [6, 6.07) is 17.5. The fourth-order valence-corrected chi connectivity index (χ4v) is 5.21. The van der Waals surface area contributed by atoms with Crippen molar-refractivity contribution < 1.29 is 4.79 Å². The Morgan fingerprint density at radius 3 is 2.85 bits per heavy atom. The van der Waals surface area contributed by atoms with E-state index in [4.69, 9.17) is 15.7 Å².